The minimum atomic E-state index is -0.467. The maximum Gasteiger partial charge on any atom is 0.144 e. The predicted octanol–water partition coefficient (Wildman–Crippen LogP) is 4.70. The number of fused-ring (bicyclic) bond motifs is 1. The van der Waals surface area contributed by atoms with E-state index >= 15 is 0 Å². The maximum atomic E-state index is 13.6. The van der Waals surface area contributed by atoms with Crippen molar-refractivity contribution in [3.8, 4) is 0 Å². The van der Waals surface area contributed by atoms with Crippen LogP contribution in [0.3, 0.4) is 0 Å². The van der Waals surface area contributed by atoms with Crippen molar-refractivity contribution in [2.75, 3.05) is 6.61 Å². The second-order valence-electron chi connectivity index (χ2n) is 5.83. The van der Waals surface area contributed by atoms with Gasteiger partial charge in [-0.05, 0) is 32.8 Å². The summed E-state index contributed by atoms with van der Waals surface area (Å²) in [6.45, 7) is 5.34. The van der Waals surface area contributed by atoms with Gasteiger partial charge in [-0.25, -0.2) is 9.37 Å². The molecule has 1 fully saturated rings. The van der Waals surface area contributed by atoms with Crippen molar-refractivity contribution in [3.63, 3.8) is 0 Å². The number of nitrogens with zero attached hydrogens (tertiary/aromatic N) is 2. The smallest absolute Gasteiger partial charge is 0.144 e. The number of rotatable bonds is 3. The standard InChI is InChI=1S/C15H17Cl2FN2O/c1-9(16)14-19-12-7-11(18)10(17)6-13(12)20(14)8-15(2)4-3-5-21-15/h6-7,9H,3-5,8H2,1-2H3. The summed E-state index contributed by atoms with van der Waals surface area (Å²) < 4.78 is 21.5. The van der Waals surface area contributed by atoms with E-state index in [0.29, 0.717) is 17.9 Å². The summed E-state index contributed by atoms with van der Waals surface area (Å²) in [6.07, 6.45) is 2.03. The van der Waals surface area contributed by atoms with Crippen LogP contribution in [0.15, 0.2) is 12.1 Å². The minimum absolute atomic E-state index is 0.0925. The van der Waals surface area contributed by atoms with E-state index < -0.39 is 5.82 Å². The molecule has 0 saturated carbocycles. The van der Waals surface area contributed by atoms with Crippen LogP contribution in [0.2, 0.25) is 5.02 Å². The van der Waals surface area contributed by atoms with Crippen LogP contribution in [0.5, 0.6) is 0 Å². The van der Waals surface area contributed by atoms with E-state index in [1.54, 1.807) is 6.07 Å². The van der Waals surface area contributed by atoms with Gasteiger partial charge in [0.2, 0.25) is 0 Å². The van der Waals surface area contributed by atoms with Gasteiger partial charge < -0.3 is 9.30 Å². The highest BCUT2D eigenvalue weighted by atomic mass is 35.5. The van der Waals surface area contributed by atoms with Crippen molar-refractivity contribution < 1.29 is 9.13 Å². The lowest BCUT2D eigenvalue weighted by atomic mass is 10.0. The highest BCUT2D eigenvalue weighted by molar-refractivity contribution is 6.31. The number of hydrogen-bond donors (Lipinski definition) is 0. The summed E-state index contributed by atoms with van der Waals surface area (Å²) in [4.78, 5) is 4.46. The predicted molar refractivity (Wildman–Crippen MR) is 82.6 cm³/mol. The first kappa shape index (κ1) is 15.1. The van der Waals surface area contributed by atoms with Crippen LogP contribution >= 0.6 is 23.2 Å². The molecule has 0 bridgehead atoms. The van der Waals surface area contributed by atoms with Crippen LogP contribution in [0, 0.1) is 5.82 Å². The fourth-order valence-corrected chi connectivity index (χ4v) is 3.23. The Morgan fingerprint density at radius 1 is 1.52 bits per heavy atom. The fourth-order valence-electron chi connectivity index (χ4n) is 2.90. The number of halogens is 3. The SMILES string of the molecule is CC(Cl)c1nc2cc(F)c(Cl)cc2n1CC1(C)CCCO1. The molecule has 21 heavy (non-hydrogen) atoms. The van der Waals surface area contributed by atoms with E-state index in [4.69, 9.17) is 27.9 Å². The molecule has 2 aromatic rings. The highest BCUT2D eigenvalue weighted by Gasteiger charge is 2.32. The lowest BCUT2D eigenvalue weighted by Crippen LogP contribution is -2.30. The molecule has 0 aliphatic carbocycles. The van der Waals surface area contributed by atoms with Gasteiger partial charge in [0.05, 0.1) is 33.6 Å². The molecule has 0 amide bonds. The van der Waals surface area contributed by atoms with Gasteiger partial charge in [0, 0.05) is 12.7 Å². The average molecular weight is 331 g/mol. The zero-order valence-corrected chi connectivity index (χ0v) is 13.5. The average Bonchev–Trinajstić information content (AvgIpc) is 2.97. The molecule has 1 aliphatic rings. The van der Waals surface area contributed by atoms with Crippen molar-refractivity contribution in [3.05, 3.63) is 28.8 Å². The van der Waals surface area contributed by atoms with Crippen LogP contribution in [-0.2, 0) is 11.3 Å². The molecule has 2 atom stereocenters. The Bertz CT molecular complexity index is 678. The third-order valence-electron chi connectivity index (χ3n) is 3.97. The van der Waals surface area contributed by atoms with Crippen molar-refractivity contribution >= 4 is 34.2 Å². The van der Waals surface area contributed by atoms with Crippen LogP contribution < -0.4 is 0 Å². The van der Waals surface area contributed by atoms with Crippen molar-refractivity contribution in [2.45, 2.75) is 44.2 Å². The third kappa shape index (κ3) is 2.77. The Hall–Kier alpha value is -0.840. The molecule has 0 N–H and O–H groups in total. The van der Waals surface area contributed by atoms with E-state index in [0.717, 1.165) is 25.0 Å². The molecular formula is C15H17Cl2FN2O. The highest BCUT2D eigenvalue weighted by Crippen LogP contribution is 2.33. The molecule has 0 spiro atoms. The largest absolute Gasteiger partial charge is 0.373 e. The quantitative estimate of drug-likeness (QED) is 0.763. The molecular weight excluding hydrogens is 314 g/mol. The summed E-state index contributed by atoms with van der Waals surface area (Å²) >= 11 is 12.2. The molecule has 1 aliphatic heterocycles. The lowest BCUT2D eigenvalue weighted by molar-refractivity contribution is 0.00649. The second kappa shape index (κ2) is 5.41. The van der Waals surface area contributed by atoms with Crippen molar-refractivity contribution in [1.29, 1.82) is 0 Å². The van der Waals surface area contributed by atoms with Gasteiger partial charge in [-0.3, -0.25) is 0 Å². The van der Waals surface area contributed by atoms with Crippen LogP contribution in [0.25, 0.3) is 11.0 Å². The lowest BCUT2D eigenvalue weighted by Gasteiger charge is -2.25. The number of aromatic nitrogens is 2. The van der Waals surface area contributed by atoms with Gasteiger partial charge >= 0.3 is 0 Å². The van der Waals surface area contributed by atoms with E-state index in [2.05, 4.69) is 11.9 Å². The van der Waals surface area contributed by atoms with Crippen LogP contribution in [0.1, 0.15) is 37.9 Å². The summed E-state index contributed by atoms with van der Waals surface area (Å²) in [5, 5.41) is -0.181. The van der Waals surface area contributed by atoms with E-state index in [1.807, 2.05) is 11.5 Å². The number of alkyl halides is 1. The minimum Gasteiger partial charge on any atom is -0.373 e. The van der Waals surface area contributed by atoms with Crippen molar-refractivity contribution in [1.82, 2.24) is 9.55 Å². The third-order valence-corrected chi connectivity index (χ3v) is 4.45. The van der Waals surface area contributed by atoms with Crippen molar-refractivity contribution in [2.24, 2.45) is 0 Å². The molecule has 1 aromatic carbocycles. The molecule has 1 aromatic heterocycles. The molecule has 2 heterocycles. The molecule has 3 rings (SSSR count). The molecule has 2 unspecified atom stereocenters. The molecule has 6 heteroatoms. The van der Waals surface area contributed by atoms with Gasteiger partial charge in [-0.2, -0.15) is 0 Å². The summed E-state index contributed by atoms with van der Waals surface area (Å²) in [5.41, 5.74) is 1.12. The monoisotopic (exact) mass is 330 g/mol. The Morgan fingerprint density at radius 2 is 2.29 bits per heavy atom. The first-order valence-electron chi connectivity index (χ1n) is 7.03. The van der Waals surface area contributed by atoms with Gasteiger partial charge in [-0.1, -0.05) is 11.6 Å². The van der Waals surface area contributed by atoms with E-state index in [1.165, 1.54) is 6.07 Å². The second-order valence-corrected chi connectivity index (χ2v) is 6.89. The Balaban J connectivity index is 2.13. The first-order chi connectivity index (χ1) is 9.89. The fraction of sp³-hybridized carbons (Fsp3) is 0.533. The molecule has 1 saturated heterocycles. The number of ether oxygens (including phenoxy) is 1. The zero-order chi connectivity index (χ0) is 15.2. The van der Waals surface area contributed by atoms with Crippen LogP contribution in [-0.4, -0.2) is 21.8 Å². The van der Waals surface area contributed by atoms with Gasteiger partial charge in [0.1, 0.15) is 11.6 Å². The van der Waals surface area contributed by atoms with Gasteiger partial charge in [0.25, 0.3) is 0 Å². The zero-order valence-electron chi connectivity index (χ0n) is 12.0. The summed E-state index contributed by atoms with van der Waals surface area (Å²) in [6, 6.07) is 2.97. The molecule has 114 valence electrons. The van der Waals surface area contributed by atoms with E-state index in [-0.39, 0.29) is 16.0 Å². The number of hydrogen-bond acceptors (Lipinski definition) is 2. The molecule has 0 radical (unpaired) electrons. The van der Waals surface area contributed by atoms with Gasteiger partial charge in [0.15, 0.2) is 0 Å². The number of imidazole rings is 1. The Morgan fingerprint density at radius 3 is 2.90 bits per heavy atom. The van der Waals surface area contributed by atoms with Crippen LogP contribution in [0.4, 0.5) is 4.39 Å². The Kier molecular flexibility index (Phi) is 3.89. The normalized spacial score (nSPS) is 23.9. The first-order valence-corrected chi connectivity index (χ1v) is 7.84. The summed E-state index contributed by atoms with van der Waals surface area (Å²) in [7, 11) is 0. The Labute approximate surface area is 133 Å². The maximum absolute atomic E-state index is 13.6. The topological polar surface area (TPSA) is 27.1 Å². The molecule has 3 nitrogen and oxygen atoms in total. The number of benzene rings is 1. The summed E-state index contributed by atoms with van der Waals surface area (Å²) in [5.74, 6) is 0.246. The van der Waals surface area contributed by atoms with Gasteiger partial charge in [-0.15, -0.1) is 11.6 Å². The van der Waals surface area contributed by atoms with E-state index in [9.17, 15) is 4.39 Å².